The number of rotatable bonds is 8. The smallest absolute Gasteiger partial charge is 0.123 e. The zero-order valence-electron chi connectivity index (χ0n) is 15.6. The Labute approximate surface area is 159 Å². The number of aliphatic hydroxyl groups is 1. The minimum atomic E-state index is 0.224. The minimum absolute atomic E-state index is 0.224. The average Bonchev–Trinajstić information content (AvgIpc) is 3.17. The molecule has 1 aromatic carbocycles. The van der Waals surface area contributed by atoms with E-state index in [0.717, 1.165) is 56.2 Å². The molecule has 1 aromatic heterocycles. The monoisotopic (exact) mass is 376 g/mol. The van der Waals surface area contributed by atoms with E-state index in [1.54, 1.807) is 25.6 Å². The second-order valence-corrected chi connectivity index (χ2v) is 7.66. The molecule has 1 aliphatic rings. The summed E-state index contributed by atoms with van der Waals surface area (Å²) in [6.07, 6.45) is 0.803. The molecule has 2 aromatic rings. The largest absolute Gasteiger partial charge is 0.497 e. The van der Waals surface area contributed by atoms with E-state index in [0.29, 0.717) is 6.04 Å². The van der Waals surface area contributed by atoms with Gasteiger partial charge >= 0.3 is 0 Å². The number of piperazine rings is 1. The third-order valence-electron chi connectivity index (χ3n) is 4.97. The SMILES string of the molecule is COc1ccc(OC)c(CN2CCN(Cc3cccs3)C(CCO)C2)c1. The third kappa shape index (κ3) is 4.76. The van der Waals surface area contributed by atoms with Gasteiger partial charge in [-0.15, -0.1) is 11.3 Å². The molecule has 2 heterocycles. The van der Waals surface area contributed by atoms with E-state index >= 15 is 0 Å². The molecule has 0 bridgehead atoms. The molecular formula is C20H28N2O3S. The van der Waals surface area contributed by atoms with Gasteiger partial charge in [-0.05, 0) is 36.1 Å². The van der Waals surface area contributed by atoms with Crippen LogP contribution in [0.3, 0.4) is 0 Å². The first-order chi connectivity index (χ1) is 12.7. The third-order valence-corrected chi connectivity index (χ3v) is 5.83. The van der Waals surface area contributed by atoms with Crippen molar-refractivity contribution in [3.05, 3.63) is 46.2 Å². The summed E-state index contributed by atoms with van der Waals surface area (Å²) in [5.41, 5.74) is 1.14. The van der Waals surface area contributed by atoms with Gasteiger partial charge in [-0.25, -0.2) is 0 Å². The summed E-state index contributed by atoms with van der Waals surface area (Å²) >= 11 is 1.80. The van der Waals surface area contributed by atoms with E-state index in [9.17, 15) is 5.11 Å². The number of thiophene rings is 1. The van der Waals surface area contributed by atoms with Crippen LogP contribution in [0, 0.1) is 0 Å². The van der Waals surface area contributed by atoms with Gasteiger partial charge in [0, 0.05) is 55.8 Å². The number of methoxy groups -OCH3 is 2. The summed E-state index contributed by atoms with van der Waals surface area (Å²) in [4.78, 5) is 6.33. The summed E-state index contributed by atoms with van der Waals surface area (Å²) in [6.45, 7) is 4.99. The van der Waals surface area contributed by atoms with Crippen molar-refractivity contribution in [2.75, 3.05) is 40.5 Å². The number of hydrogen-bond donors (Lipinski definition) is 1. The number of nitrogens with zero attached hydrogens (tertiary/aromatic N) is 2. The van der Waals surface area contributed by atoms with Crippen LogP contribution >= 0.6 is 11.3 Å². The van der Waals surface area contributed by atoms with E-state index in [4.69, 9.17) is 9.47 Å². The minimum Gasteiger partial charge on any atom is -0.497 e. The van der Waals surface area contributed by atoms with Crippen LogP contribution in [0.15, 0.2) is 35.7 Å². The Kier molecular flexibility index (Phi) is 6.91. The van der Waals surface area contributed by atoms with Crippen molar-refractivity contribution in [3.8, 4) is 11.5 Å². The van der Waals surface area contributed by atoms with Crippen molar-refractivity contribution >= 4 is 11.3 Å². The molecule has 0 amide bonds. The fraction of sp³-hybridized carbons (Fsp3) is 0.500. The molecule has 1 aliphatic heterocycles. The molecule has 0 radical (unpaired) electrons. The van der Waals surface area contributed by atoms with E-state index in [1.165, 1.54) is 4.88 Å². The van der Waals surface area contributed by atoms with Crippen molar-refractivity contribution in [2.24, 2.45) is 0 Å². The van der Waals surface area contributed by atoms with Crippen molar-refractivity contribution in [1.29, 1.82) is 0 Å². The molecule has 0 spiro atoms. The molecule has 0 saturated carbocycles. The number of aliphatic hydroxyl groups excluding tert-OH is 1. The molecule has 0 aliphatic carbocycles. The molecule has 1 unspecified atom stereocenters. The fourth-order valence-electron chi connectivity index (χ4n) is 3.58. The van der Waals surface area contributed by atoms with Crippen molar-refractivity contribution in [3.63, 3.8) is 0 Å². The summed E-state index contributed by atoms with van der Waals surface area (Å²) in [6, 6.07) is 10.6. The van der Waals surface area contributed by atoms with Crippen LogP contribution in [-0.2, 0) is 13.1 Å². The van der Waals surface area contributed by atoms with Gasteiger partial charge in [-0.3, -0.25) is 9.80 Å². The predicted octanol–water partition coefficient (Wildman–Crippen LogP) is 2.83. The van der Waals surface area contributed by atoms with Gasteiger partial charge in [0.15, 0.2) is 0 Å². The highest BCUT2D eigenvalue weighted by atomic mass is 32.1. The Morgan fingerprint density at radius 2 is 2.04 bits per heavy atom. The van der Waals surface area contributed by atoms with Crippen LogP contribution in [0.4, 0.5) is 0 Å². The lowest BCUT2D eigenvalue weighted by molar-refractivity contribution is 0.0503. The fourth-order valence-corrected chi connectivity index (χ4v) is 4.31. The molecule has 26 heavy (non-hydrogen) atoms. The maximum atomic E-state index is 9.51. The maximum absolute atomic E-state index is 9.51. The molecule has 6 heteroatoms. The molecule has 5 nitrogen and oxygen atoms in total. The van der Waals surface area contributed by atoms with Crippen LogP contribution in [0.5, 0.6) is 11.5 Å². The molecular weight excluding hydrogens is 348 g/mol. The van der Waals surface area contributed by atoms with Crippen LogP contribution in [0.1, 0.15) is 16.9 Å². The first-order valence-electron chi connectivity index (χ1n) is 9.04. The van der Waals surface area contributed by atoms with E-state index in [2.05, 4.69) is 33.4 Å². The number of hydrogen-bond acceptors (Lipinski definition) is 6. The van der Waals surface area contributed by atoms with E-state index in [-0.39, 0.29) is 6.61 Å². The van der Waals surface area contributed by atoms with Gasteiger partial charge in [-0.1, -0.05) is 6.07 Å². The van der Waals surface area contributed by atoms with Crippen molar-refractivity contribution in [2.45, 2.75) is 25.6 Å². The van der Waals surface area contributed by atoms with Crippen LogP contribution in [0.25, 0.3) is 0 Å². The Morgan fingerprint density at radius 1 is 1.15 bits per heavy atom. The Bertz CT molecular complexity index is 678. The second-order valence-electron chi connectivity index (χ2n) is 6.63. The Morgan fingerprint density at radius 3 is 2.73 bits per heavy atom. The first kappa shape index (κ1) is 19.2. The Balaban J connectivity index is 1.67. The molecule has 1 N–H and O–H groups in total. The lowest BCUT2D eigenvalue weighted by Crippen LogP contribution is -2.52. The van der Waals surface area contributed by atoms with Crippen LogP contribution in [0.2, 0.25) is 0 Å². The summed E-state index contributed by atoms with van der Waals surface area (Å²) in [5, 5.41) is 11.6. The lowest BCUT2D eigenvalue weighted by Gasteiger charge is -2.41. The van der Waals surface area contributed by atoms with E-state index in [1.807, 2.05) is 12.1 Å². The topological polar surface area (TPSA) is 45.2 Å². The van der Waals surface area contributed by atoms with Gasteiger partial charge in [0.25, 0.3) is 0 Å². The normalized spacial score (nSPS) is 18.8. The lowest BCUT2D eigenvalue weighted by atomic mass is 10.1. The van der Waals surface area contributed by atoms with Gasteiger partial charge in [0.1, 0.15) is 11.5 Å². The van der Waals surface area contributed by atoms with Gasteiger partial charge in [0.2, 0.25) is 0 Å². The highest BCUT2D eigenvalue weighted by Crippen LogP contribution is 2.27. The number of ether oxygens (including phenoxy) is 2. The van der Waals surface area contributed by atoms with Crippen molar-refractivity contribution < 1.29 is 14.6 Å². The molecule has 1 fully saturated rings. The van der Waals surface area contributed by atoms with Crippen LogP contribution < -0.4 is 9.47 Å². The molecule has 142 valence electrons. The molecule has 1 atom stereocenters. The zero-order chi connectivity index (χ0) is 18.4. The second kappa shape index (κ2) is 9.37. The predicted molar refractivity (Wildman–Crippen MR) is 105 cm³/mol. The van der Waals surface area contributed by atoms with Gasteiger partial charge < -0.3 is 14.6 Å². The highest BCUT2D eigenvalue weighted by molar-refractivity contribution is 7.09. The summed E-state index contributed by atoms with van der Waals surface area (Å²) in [5.74, 6) is 1.74. The van der Waals surface area contributed by atoms with Crippen LogP contribution in [-0.4, -0.2) is 61.4 Å². The quantitative estimate of drug-likeness (QED) is 0.768. The van der Waals surface area contributed by atoms with Gasteiger partial charge in [0.05, 0.1) is 14.2 Å². The summed E-state index contributed by atoms with van der Waals surface area (Å²) in [7, 11) is 3.39. The molecule has 1 saturated heterocycles. The number of benzene rings is 1. The Hall–Kier alpha value is -1.60. The standard InChI is InChI=1S/C20H28N2O3S/c1-24-18-5-6-20(25-2)16(12-18)13-21-8-9-22(17(14-21)7-10-23)15-19-4-3-11-26-19/h3-6,11-12,17,23H,7-10,13-15H2,1-2H3. The molecule has 3 rings (SSSR count). The summed E-state index contributed by atoms with van der Waals surface area (Å²) < 4.78 is 10.9. The highest BCUT2D eigenvalue weighted by Gasteiger charge is 2.27. The van der Waals surface area contributed by atoms with E-state index < -0.39 is 0 Å². The maximum Gasteiger partial charge on any atom is 0.123 e. The first-order valence-corrected chi connectivity index (χ1v) is 9.92. The average molecular weight is 377 g/mol. The van der Waals surface area contributed by atoms with Crippen molar-refractivity contribution in [1.82, 2.24) is 9.80 Å². The van der Waals surface area contributed by atoms with Gasteiger partial charge in [-0.2, -0.15) is 0 Å². The zero-order valence-corrected chi connectivity index (χ0v) is 16.4.